The van der Waals surface area contributed by atoms with Gasteiger partial charge in [-0.2, -0.15) is 0 Å². The van der Waals surface area contributed by atoms with Crippen LogP contribution < -0.4 is 0 Å². The van der Waals surface area contributed by atoms with Gasteiger partial charge in [0.1, 0.15) is 5.60 Å². The first-order valence-corrected chi connectivity index (χ1v) is 4.66. The summed E-state index contributed by atoms with van der Waals surface area (Å²) in [5, 5.41) is 0. The Morgan fingerprint density at radius 3 is 2.21 bits per heavy atom. The molecule has 0 radical (unpaired) electrons. The first-order valence-electron chi connectivity index (χ1n) is 4.66. The van der Waals surface area contributed by atoms with E-state index in [1.807, 2.05) is 20.8 Å². The average Bonchev–Trinajstić information content (AvgIpc) is 1.94. The highest BCUT2D eigenvalue weighted by Gasteiger charge is 2.15. The second-order valence-electron chi connectivity index (χ2n) is 4.03. The Morgan fingerprint density at radius 1 is 1.21 bits per heavy atom. The molecule has 0 saturated carbocycles. The highest BCUT2D eigenvalue weighted by Crippen LogP contribution is 2.08. The third-order valence-corrected chi connectivity index (χ3v) is 1.25. The molecule has 0 fully saturated rings. The monoisotopic (exact) mass is 202 g/mol. The van der Waals surface area contributed by atoms with Gasteiger partial charge in [-0.1, -0.05) is 0 Å². The lowest BCUT2D eigenvalue weighted by Crippen LogP contribution is -2.23. The smallest absolute Gasteiger partial charge is 0.306 e. The molecule has 0 aliphatic rings. The Morgan fingerprint density at radius 2 is 1.79 bits per heavy atom. The van der Waals surface area contributed by atoms with Crippen molar-refractivity contribution in [3.05, 3.63) is 0 Å². The van der Waals surface area contributed by atoms with Crippen molar-refractivity contribution < 1.29 is 19.1 Å². The van der Waals surface area contributed by atoms with E-state index in [9.17, 15) is 9.59 Å². The maximum absolute atomic E-state index is 11.1. The van der Waals surface area contributed by atoms with Crippen LogP contribution in [-0.4, -0.2) is 24.1 Å². The van der Waals surface area contributed by atoms with Gasteiger partial charge in [-0.25, -0.2) is 0 Å². The average molecular weight is 202 g/mol. The van der Waals surface area contributed by atoms with Gasteiger partial charge in [0.2, 0.25) is 0 Å². The predicted octanol–water partition coefficient (Wildman–Crippen LogP) is 1.67. The lowest BCUT2D eigenvalue weighted by atomic mass is 10.2. The van der Waals surface area contributed by atoms with E-state index in [4.69, 9.17) is 4.74 Å². The standard InChI is InChI=1S/C10H18O4/c1-8(11)13-7-5-6-9(12)14-10(2,3)4/h5-7H2,1-4H3. The summed E-state index contributed by atoms with van der Waals surface area (Å²) in [7, 11) is 0. The SMILES string of the molecule is CC(=O)OCCCC(=O)OC(C)(C)C. The molecule has 0 aromatic heterocycles. The third kappa shape index (κ3) is 9.03. The van der Waals surface area contributed by atoms with Crippen LogP contribution in [0.2, 0.25) is 0 Å². The van der Waals surface area contributed by atoms with Gasteiger partial charge in [0, 0.05) is 13.3 Å². The fourth-order valence-electron chi connectivity index (χ4n) is 0.825. The number of rotatable bonds is 4. The Balaban J connectivity index is 3.50. The maximum atomic E-state index is 11.1. The molecule has 0 aromatic carbocycles. The maximum Gasteiger partial charge on any atom is 0.306 e. The van der Waals surface area contributed by atoms with Crippen molar-refractivity contribution in [1.82, 2.24) is 0 Å². The number of hydrogen-bond acceptors (Lipinski definition) is 4. The van der Waals surface area contributed by atoms with Crippen LogP contribution in [0.15, 0.2) is 0 Å². The molecule has 0 spiro atoms. The molecule has 0 aromatic rings. The number of carbonyl (C=O) groups is 2. The Labute approximate surface area is 84.6 Å². The van der Waals surface area contributed by atoms with E-state index in [0.717, 1.165) is 0 Å². The van der Waals surface area contributed by atoms with Gasteiger partial charge in [0.15, 0.2) is 0 Å². The summed E-state index contributed by atoms with van der Waals surface area (Å²) >= 11 is 0. The summed E-state index contributed by atoms with van der Waals surface area (Å²) in [5.41, 5.74) is -0.446. The molecule has 0 N–H and O–H groups in total. The molecule has 0 bridgehead atoms. The normalized spacial score (nSPS) is 10.9. The summed E-state index contributed by atoms with van der Waals surface area (Å²) in [6.07, 6.45) is 0.791. The van der Waals surface area contributed by atoms with E-state index in [1.54, 1.807) is 0 Å². The van der Waals surface area contributed by atoms with Crippen molar-refractivity contribution in [1.29, 1.82) is 0 Å². The molecule has 0 aliphatic heterocycles. The van der Waals surface area contributed by atoms with Gasteiger partial charge in [-0.15, -0.1) is 0 Å². The Hall–Kier alpha value is -1.06. The Kier molecular flexibility index (Phi) is 5.20. The molecule has 0 aliphatic carbocycles. The largest absolute Gasteiger partial charge is 0.466 e. The van der Waals surface area contributed by atoms with E-state index in [0.29, 0.717) is 6.42 Å². The van der Waals surface area contributed by atoms with Gasteiger partial charge in [-0.3, -0.25) is 9.59 Å². The number of esters is 2. The molecule has 14 heavy (non-hydrogen) atoms. The zero-order valence-corrected chi connectivity index (χ0v) is 9.25. The minimum absolute atomic E-state index is 0.260. The molecular weight excluding hydrogens is 184 g/mol. The quantitative estimate of drug-likeness (QED) is 0.514. The fraction of sp³-hybridized carbons (Fsp3) is 0.800. The van der Waals surface area contributed by atoms with Crippen LogP contribution in [0, 0.1) is 0 Å². The first-order chi connectivity index (χ1) is 6.31. The van der Waals surface area contributed by atoms with Crippen LogP contribution in [0.4, 0.5) is 0 Å². The van der Waals surface area contributed by atoms with Gasteiger partial charge in [0.25, 0.3) is 0 Å². The van der Waals surface area contributed by atoms with Crippen molar-refractivity contribution in [3.8, 4) is 0 Å². The van der Waals surface area contributed by atoms with Crippen LogP contribution in [0.25, 0.3) is 0 Å². The minimum atomic E-state index is -0.446. The van der Waals surface area contributed by atoms with Crippen LogP contribution in [-0.2, 0) is 19.1 Å². The van der Waals surface area contributed by atoms with Crippen LogP contribution in [0.3, 0.4) is 0 Å². The summed E-state index contributed by atoms with van der Waals surface area (Å²) < 4.78 is 9.74. The van der Waals surface area contributed by atoms with E-state index in [1.165, 1.54) is 6.92 Å². The lowest BCUT2D eigenvalue weighted by Gasteiger charge is -2.19. The zero-order valence-electron chi connectivity index (χ0n) is 9.25. The minimum Gasteiger partial charge on any atom is -0.466 e. The molecule has 0 atom stereocenters. The number of ether oxygens (including phenoxy) is 2. The van der Waals surface area contributed by atoms with Crippen molar-refractivity contribution in [2.45, 2.75) is 46.1 Å². The summed E-state index contributed by atoms with van der Waals surface area (Å²) in [4.78, 5) is 21.5. The predicted molar refractivity (Wildman–Crippen MR) is 51.7 cm³/mol. The van der Waals surface area contributed by atoms with Gasteiger partial charge >= 0.3 is 11.9 Å². The van der Waals surface area contributed by atoms with Crippen LogP contribution in [0.5, 0.6) is 0 Å². The van der Waals surface area contributed by atoms with Crippen LogP contribution >= 0.6 is 0 Å². The summed E-state index contributed by atoms with van der Waals surface area (Å²) in [6, 6.07) is 0. The molecule has 0 amide bonds. The number of carbonyl (C=O) groups excluding carboxylic acids is 2. The fourth-order valence-corrected chi connectivity index (χ4v) is 0.825. The van der Waals surface area contributed by atoms with Gasteiger partial charge < -0.3 is 9.47 Å². The molecule has 82 valence electrons. The van der Waals surface area contributed by atoms with Crippen molar-refractivity contribution in [3.63, 3.8) is 0 Å². The molecule has 0 saturated heterocycles. The highest BCUT2D eigenvalue weighted by molar-refractivity contribution is 5.70. The summed E-state index contributed by atoms with van der Waals surface area (Å²) in [5.74, 6) is -0.584. The molecule has 0 unspecified atom stereocenters. The summed E-state index contributed by atoms with van der Waals surface area (Å²) in [6.45, 7) is 7.06. The van der Waals surface area contributed by atoms with Crippen molar-refractivity contribution in [2.24, 2.45) is 0 Å². The van der Waals surface area contributed by atoms with Crippen molar-refractivity contribution in [2.75, 3.05) is 6.61 Å². The third-order valence-electron chi connectivity index (χ3n) is 1.25. The molecule has 4 nitrogen and oxygen atoms in total. The highest BCUT2D eigenvalue weighted by atomic mass is 16.6. The van der Waals surface area contributed by atoms with E-state index >= 15 is 0 Å². The van der Waals surface area contributed by atoms with E-state index in [2.05, 4.69) is 4.74 Å². The van der Waals surface area contributed by atoms with Crippen molar-refractivity contribution >= 4 is 11.9 Å². The second kappa shape index (κ2) is 5.62. The first kappa shape index (κ1) is 12.9. The molecule has 0 heterocycles. The van der Waals surface area contributed by atoms with Crippen LogP contribution in [0.1, 0.15) is 40.5 Å². The number of hydrogen-bond donors (Lipinski definition) is 0. The molecular formula is C10H18O4. The van der Waals surface area contributed by atoms with Gasteiger partial charge in [-0.05, 0) is 27.2 Å². The zero-order chi connectivity index (χ0) is 11.2. The second-order valence-corrected chi connectivity index (χ2v) is 4.03. The Bertz CT molecular complexity index is 203. The van der Waals surface area contributed by atoms with Gasteiger partial charge in [0.05, 0.1) is 6.61 Å². The lowest BCUT2D eigenvalue weighted by molar-refractivity contribution is -0.156. The topological polar surface area (TPSA) is 52.6 Å². The van der Waals surface area contributed by atoms with E-state index in [-0.39, 0.29) is 25.0 Å². The van der Waals surface area contributed by atoms with E-state index < -0.39 is 5.60 Å². The molecule has 0 rings (SSSR count). The molecule has 4 heteroatoms.